The van der Waals surface area contributed by atoms with Crippen molar-refractivity contribution in [3.05, 3.63) is 32.2 Å². The molecular weight excluding hydrogens is 416 g/mol. The highest BCUT2D eigenvalue weighted by Gasteiger charge is 2.23. The predicted octanol–water partition coefficient (Wildman–Crippen LogP) is 2.06. The minimum absolute atomic E-state index is 0.0153. The molecule has 1 fully saturated rings. The van der Waals surface area contributed by atoms with Crippen LogP contribution in [0.5, 0.6) is 5.75 Å². The van der Waals surface area contributed by atoms with E-state index in [1.54, 1.807) is 6.07 Å². The van der Waals surface area contributed by atoms with Gasteiger partial charge in [-0.15, -0.1) is 0 Å². The lowest BCUT2D eigenvalue weighted by atomic mass is 10.1. The summed E-state index contributed by atoms with van der Waals surface area (Å²) >= 11 is 9.61. The van der Waals surface area contributed by atoms with Crippen molar-refractivity contribution >= 4 is 44.5 Å². The van der Waals surface area contributed by atoms with Crippen LogP contribution >= 0.6 is 27.5 Å². The molecule has 134 valence electrons. The van der Waals surface area contributed by atoms with Crippen molar-refractivity contribution in [3.63, 3.8) is 0 Å². The second kappa shape index (κ2) is 7.59. The number of fused-ring (bicyclic) bond motifs is 1. The fourth-order valence-corrected chi connectivity index (χ4v) is 3.38. The zero-order valence-corrected chi connectivity index (χ0v) is 15.4. The summed E-state index contributed by atoms with van der Waals surface area (Å²) in [4.78, 5) is 31.2. The largest absolute Gasteiger partial charge is 0.491 e. The number of amides is 1. The number of carbonyl (C=O) groups is 1. The maximum atomic E-state index is 12.1. The molecule has 2 heterocycles. The number of carboxylic acid groups (broad SMARTS) is 1. The minimum atomic E-state index is -0.925. The molecule has 0 bridgehead atoms. The van der Waals surface area contributed by atoms with Gasteiger partial charge in [0.05, 0.1) is 23.5 Å². The number of piperazine rings is 1. The number of aromatic nitrogens is 2. The van der Waals surface area contributed by atoms with E-state index in [9.17, 15) is 9.59 Å². The number of aromatic amines is 1. The maximum absolute atomic E-state index is 12.1. The van der Waals surface area contributed by atoms with Crippen molar-refractivity contribution < 1.29 is 14.6 Å². The number of ether oxygens (including phenoxy) is 1. The Balaban J connectivity index is 1.74. The first-order chi connectivity index (χ1) is 12.0. The summed E-state index contributed by atoms with van der Waals surface area (Å²) in [7, 11) is 0. The molecule has 0 spiro atoms. The standard InChI is InChI=1S/C15H16BrClN4O4/c16-9-5-10-11(14(22)20-7-19-10)13(12(9)17)25-4-1-8-6-21(15(23)24)3-2-18-8/h5,7-8,18H,1-4,6H2,(H,23,24)(H,19,20,22). The molecule has 8 nitrogen and oxygen atoms in total. The van der Waals surface area contributed by atoms with E-state index in [-0.39, 0.29) is 24.0 Å². The lowest BCUT2D eigenvalue weighted by Gasteiger charge is -2.31. The summed E-state index contributed by atoms with van der Waals surface area (Å²) in [5.41, 5.74) is 0.144. The molecule has 1 aliphatic heterocycles. The van der Waals surface area contributed by atoms with Crippen molar-refractivity contribution in [3.8, 4) is 5.75 Å². The Morgan fingerprint density at radius 3 is 3.12 bits per heavy atom. The average molecular weight is 432 g/mol. The number of H-pyrrole nitrogens is 1. The molecule has 0 radical (unpaired) electrons. The van der Waals surface area contributed by atoms with E-state index < -0.39 is 6.09 Å². The van der Waals surface area contributed by atoms with Gasteiger partial charge in [-0.2, -0.15) is 0 Å². The zero-order chi connectivity index (χ0) is 18.0. The molecular formula is C15H16BrClN4O4. The van der Waals surface area contributed by atoms with E-state index in [0.717, 1.165) is 0 Å². The summed E-state index contributed by atoms with van der Waals surface area (Å²) < 4.78 is 6.37. The molecule has 3 rings (SSSR count). The van der Waals surface area contributed by atoms with Gasteiger partial charge in [0.2, 0.25) is 0 Å². The molecule has 1 aromatic heterocycles. The Hall–Kier alpha value is -1.84. The monoisotopic (exact) mass is 430 g/mol. The topological polar surface area (TPSA) is 108 Å². The number of hydrogen-bond acceptors (Lipinski definition) is 5. The minimum Gasteiger partial charge on any atom is -0.491 e. The van der Waals surface area contributed by atoms with Gasteiger partial charge in [0.25, 0.3) is 5.56 Å². The smallest absolute Gasteiger partial charge is 0.407 e. The van der Waals surface area contributed by atoms with Crippen LogP contribution in [-0.2, 0) is 0 Å². The van der Waals surface area contributed by atoms with Gasteiger partial charge in [-0.05, 0) is 28.4 Å². The summed E-state index contributed by atoms with van der Waals surface area (Å²) in [5.74, 6) is 0.270. The van der Waals surface area contributed by atoms with Crippen LogP contribution in [0.4, 0.5) is 4.79 Å². The normalized spacial score (nSPS) is 17.7. The van der Waals surface area contributed by atoms with E-state index in [1.807, 2.05) is 0 Å². The molecule has 0 aliphatic carbocycles. The van der Waals surface area contributed by atoms with Gasteiger partial charge in [-0.1, -0.05) is 11.6 Å². The van der Waals surface area contributed by atoms with Crippen molar-refractivity contribution in [2.24, 2.45) is 0 Å². The Bertz CT molecular complexity index is 859. The number of halogens is 2. The fraction of sp³-hybridized carbons (Fsp3) is 0.400. The molecule has 2 aromatic rings. The number of hydrogen-bond donors (Lipinski definition) is 3. The van der Waals surface area contributed by atoms with Crippen LogP contribution in [0.3, 0.4) is 0 Å². The number of benzene rings is 1. The van der Waals surface area contributed by atoms with Gasteiger partial charge in [0.1, 0.15) is 5.39 Å². The lowest BCUT2D eigenvalue weighted by Crippen LogP contribution is -2.52. The first-order valence-corrected chi connectivity index (χ1v) is 8.84. The molecule has 0 saturated carbocycles. The quantitative estimate of drug-likeness (QED) is 0.684. The first kappa shape index (κ1) is 18.0. The van der Waals surface area contributed by atoms with Crippen molar-refractivity contribution in [1.29, 1.82) is 0 Å². The second-order valence-electron chi connectivity index (χ2n) is 5.64. The molecule has 1 amide bonds. The highest BCUT2D eigenvalue weighted by atomic mass is 79.9. The highest BCUT2D eigenvalue weighted by molar-refractivity contribution is 9.10. The molecule has 1 unspecified atom stereocenters. The van der Waals surface area contributed by atoms with Crippen LogP contribution in [0.2, 0.25) is 5.02 Å². The van der Waals surface area contributed by atoms with Gasteiger partial charge in [0.15, 0.2) is 5.75 Å². The third-order valence-corrected chi connectivity index (χ3v) is 5.25. The Morgan fingerprint density at radius 1 is 1.56 bits per heavy atom. The predicted molar refractivity (Wildman–Crippen MR) is 96.6 cm³/mol. The SMILES string of the molecule is O=C(O)N1CCNC(CCOc2c(Cl)c(Br)cc3nc[nH]c(=O)c23)C1. The van der Waals surface area contributed by atoms with Gasteiger partial charge in [-0.25, -0.2) is 9.78 Å². The zero-order valence-electron chi connectivity index (χ0n) is 13.1. The summed E-state index contributed by atoms with van der Waals surface area (Å²) in [6.07, 6.45) is 0.971. The molecule has 25 heavy (non-hydrogen) atoms. The number of rotatable bonds is 4. The van der Waals surface area contributed by atoms with Crippen LogP contribution in [0.1, 0.15) is 6.42 Å². The van der Waals surface area contributed by atoms with E-state index in [1.165, 1.54) is 11.2 Å². The second-order valence-corrected chi connectivity index (χ2v) is 6.88. The Morgan fingerprint density at radius 2 is 2.36 bits per heavy atom. The van der Waals surface area contributed by atoms with E-state index >= 15 is 0 Å². The van der Waals surface area contributed by atoms with Gasteiger partial charge in [0, 0.05) is 30.1 Å². The van der Waals surface area contributed by atoms with E-state index in [4.69, 9.17) is 21.4 Å². The molecule has 1 aliphatic rings. The first-order valence-electron chi connectivity index (χ1n) is 7.67. The van der Waals surface area contributed by atoms with E-state index in [0.29, 0.717) is 46.5 Å². The fourth-order valence-electron chi connectivity index (χ4n) is 2.78. The van der Waals surface area contributed by atoms with Crippen LogP contribution < -0.4 is 15.6 Å². The van der Waals surface area contributed by atoms with Crippen molar-refractivity contribution in [1.82, 2.24) is 20.2 Å². The maximum Gasteiger partial charge on any atom is 0.407 e. The molecule has 3 N–H and O–H groups in total. The third kappa shape index (κ3) is 3.88. The molecule has 1 atom stereocenters. The van der Waals surface area contributed by atoms with Crippen LogP contribution in [-0.4, -0.2) is 58.4 Å². The summed E-state index contributed by atoms with van der Waals surface area (Å²) in [5, 5.41) is 12.9. The van der Waals surface area contributed by atoms with Gasteiger partial charge >= 0.3 is 6.09 Å². The number of nitrogens with one attached hydrogen (secondary N) is 2. The van der Waals surface area contributed by atoms with Gasteiger partial charge in [-0.3, -0.25) is 4.79 Å². The Kier molecular flexibility index (Phi) is 5.45. The summed E-state index contributed by atoms with van der Waals surface area (Å²) in [6, 6.07) is 1.64. The molecule has 10 heteroatoms. The van der Waals surface area contributed by atoms with E-state index in [2.05, 4.69) is 31.2 Å². The third-order valence-electron chi connectivity index (χ3n) is 4.02. The number of nitrogens with zero attached hydrogens (tertiary/aromatic N) is 2. The van der Waals surface area contributed by atoms with Crippen molar-refractivity contribution in [2.45, 2.75) is 12.5 Å². The highest BCUT2D eigenvalue weighted by Crippen LogP contribution is 2.37. The van der Waals surface area contributed by atoms with Crippen LogP contribution in [0, 0.1) is 0 Å². The van der Waals surface area contributed by atoms with Crippen LogP contribution in [0.25, 0.3) is 10.9 Å². The average Bonchev–Trinajstić information content (AvgIpc) is 2.58. The van der Waals surface area contributed by atoms with Crippen molar-refractivity contribution in [2.75, 3.05) is 26.2 Å². The Labute approximate surface area is 156 Å². The summed E-state index contributed by atoms with van der Waals surface area (Å²) in [6.45, 7) is 1.75. The lowest BCUT2D eigenvalue weighted by molar-refractivity contribution is 0.124. The molecule has 1 aromatic carbocycles. The van der Waals surface area contributed by atoms with Crippen LogP contribution in [0.15, 0.2) is 21.7 Å². The van der Waals surface area contributed by atoms with Gasteiger partial charge < -0.3 is 25.0 Å². The molecule has 1 saturated heterocycles.